The molecule has 0 amide bonds. The predicted molar refractivity (Wildman–Crippen MR) is 121 cm³/mol. The Balaban J connectivity index is 1.71. The number of carboxylic acids is 2. The fourth-order valence-electron chi connectivity index (χ4n) is 4.32. The van der Waals surface area contributed by atoms with E-state index < -0.39 is 22.8 Å². The van der Waals surface area contributed by atoms with Crippen LogP contribution >= 0.6 is 0 Å². The number of unbranched alkanes of at least 4 members (excludes halogenated alkanes) is 4. The van der Waals surface area contributed by atoms with Gasteiger partial charge in [0.2, 0.25) is 0 Å². The van der Waals surface area contributed by atoms with Crippen LogP contribution in [0.15, 0.2) is 12.1 Å². The molecular weight excluding hydrogens is 376 g/mol. The number of hydrogen-bond donors (Lipinski definition) is 2. The molecule has 0 aliphatic heterocycles. The van der Waals surface area contributed by atoms with Crippen molar-refractivity contribution in [3.05, 3.63) is 34.4 Å². The summed E-state index contributed by atoms with van der Waals surface area (Å²) in [5.74, 6) is -1.31. The van der Waals surface area contributed by atoms with E-state index in [4.69, 9.17) is 0 Å². The molecule has 30 heavy (non-hydrogen) atoms. The summed E-state index contributed by atoms with van der Waals surface area (Å²) in [6.45, 7) is 8.04. The van der Waals surface area contributed by atoms with E-state index in [1.165, 1.54) is 22.3 Å². The lowest BCUT2D eigenvalue weighted by Crippen LogP contribution is -2.23. The average Bonchev–Trinajstić information content (AvgIpc) is 3.47. The molecule has 0 spiro atoms. The van der Waals surface area contributed by atoms with Crippen molar-refractivity contribution >= 4 is 11.9 Å². The number of carbonyl (C=O) groups is 2. The SMILES string of the molecule is Cc1c(CCCCCCC(C)(C)C(=O)O)ccc(CCCCC2(C(=O)O)CC2)c1C. The number of aliphatic carboxylic acids is 2. The highest BCUT2D eigenvalue weighted by Crippen LogP contribution is 2.50. The van der Waals surface area contributed by atoms with Gasteiger partial charge in [0, 0.05) is 0 Å². The first kappa shape index (κ1) is 24.4. The molecule has 2 rings (SSSR count). The maximum Gasteiger partial charge on any atom is 0.309 e. The molecule has 0 aromatic heterocycles. The first-order valence-electron chi connectivity index (χ1n) is 11.6. The topological polar surface area (TPSA) is 74.6 Å². The summed E-state index contributed by atoms with van der Waals surface area (Å²) in [6.07, 6.45) is 11.8. The minimum Gasteiger partial charge on any atom is -0.481 e. The fraction of sp³-hybridized carbons (Fsp3) is 0.692. The Morgan fingerprint density at radius 1 is 0.867 bits per heavy atom. The number of hydrogen-bond acceptors (Lipinski definition) is 2. The molecule has 0 unspecified atom stereocenters. The Labute approximate surface area is 182 Å². The molecule has 0 radical (unpaired) electrons. The maximum atomic E-state index is 11.3. The van der Waals surface area contributed by atoms with Gasteiger partial charge in [-0.1, -0.05) is 37.8 Å². The quantitative estimate of drug-likeness (QED) is 0.340. The van der Waals surface area contributed by atoms with E-state index in [0.717, 1.165) is 77.0 Å². The Hall–Kier alpha value is -1.84. The average molecular weight is 417 g/mol. The van der Waals surface area contributed by atoms with E-state index in [-0.39, 0.29) is 0 Å². The van der Waals surface area contributed by atoms with Gasteiger partial charge >= 0.3 is 11.9 Å². The van der Waals surface area contributed by atoms with Crippen LogP contribution < -0.4 is 0 Å². The minimum atomic E-state index is -0.706. The molecule has 1 aromatic rings. The van der Waals surface area contributed by atoms with Crippen molar-refractivity contribution in [2.24, 2.45) is 10.8 Å². The third kappa shape index (κ3) is 6.58. The summed E-state index contributed by atoms with van der Waals surface area (Å²) in [4.78, 5) is 22.4. The van der Waals surface area contributed by atoms with Crippen molar-refractivity contribution in [1.29, 1.82) is 0 Å². The molecule has 1 aliphatic carbocycles. The molecule has 1 aromatic carbocycles. The van der Waals surface area contributed by atoms with Crippen molar-refractivity contribution in [3.63, 3.8) is 0 Å². The van der Waals surface area contributed by atoms with E-state index in [2.05, 4.69) is 26.0 Å². The predicted octanol–water partition coefficient (Wildman–Crippen LogP) is 6.48. The summed E-state index contributed by atoms with van der Waals surface area (Å²) in [6, 6.07) is 4.53. The normalized spacial score (nSPS) is 15.2. The maximum absolute atomic E-state index is 11.3. The largest absolute Gasteiger partial charge is 0.481 e. The van der Waals surface area contributed by atoms with Crippen LogP contribution in [0.25, 0.3) is 0 Å². The fourth-order valence-corrected chi connectivity index (χ4v) is 4.32. The van der Waals surface area contributed by atoms with E-state index in [9.17, 15) is 19.8 Å². The summed E-state index contributed by atoms with van der Waals surface area (Å²) in [5.41, 5.74) is 4.59. The van der Waals surface area contributed by atoms with Crippen LogP contribution in [0.1, 0.15) is 100 Å². The van der Waals surface area contributed by atoms with Crippen LogP contribution in [0.2, 0.25) is 0 Å². The monoisotopic (exact) mass is 416 g/mol. The lowest BCUT2D eigenvalue weighted by Gasteiger charge is -2.18. The molecule has 1 fully saturated rings. The van der Waals surface area contributed by atoms with Crippen molar-refractivity contribution < 1.29 is 19.8 Å². The number of carboxylic acid groups (broad SMARTS) is 2. The zero-order valence-corrected chi connectivity index (χ0v) is 19.4. The van der Waals surface area contributed by atoms with Gasteiger partial charge in [0.1, 0.15) is 0 Å². The lowest BCUT2D eigenvalue weighted by molar-refractivity contribution is -0.147. The van der Waals surface area contributed by atoms with E-state index in [1.807, 2.05) is 0 Å². The first-order chi connectivity index (χ1) is 14.1. The summed E-state index contributed by atoms with van der Waals surface area (Å²) in [7, 11) is 0. The minimum absolute atomic E-state index is 0.391. The number of rotatable bonds is 14. The van der Waals surface area contributed by atoms with Gasteiger partial charge < -0.3 is 10.2 Å². The Bertz CT molecular complexity index is 744. The van der Waals surface area contributed by atoms with Crippen molar-refractivity contribution in [2.75, 3.05) is 0 Å². The second-order valence-corrected chi connectivity index (χ2v) is 10.0. The molecule has 0 atom stereocenters. The first-order valence-corrected chi connectivity index (χ1v) is 11.6. The van der Waals surface area contributed by atoms with Gasteiger partial charge in [0.15, 0.2) is 0 Å². The molecule has 0 saturated heterocycles. The van der Waals surface area contributed by atoms with Crippen LogP contribution in [0, 0.1) is 24.7 Å². The molecule has 0 heterocycles. The van der Waals surface area contributed by atoms with Gasteiger partial charge in [-0.3, -0.25) is 9.59 Å². The van der Waals surface area contributed by atoms with Crippen LogP contribution in [0.5, 0.6) is 0 Å². The zero-order chi connectivity index (χ0) is 22.4. The third-order valence-electron chi connectivity index (χ3n) is 7.25. The van der Waals surface area contributed by atoms with E-state index in [1.54, 1.807) is 13.8 Å². The van der Waals surface area contributed by atoms with Gasteiger partial charge in [-0.15, -0.1) is 0 Å². The molecular formula is C26H40O4. The highest BCUT2D eigenvalue weighted by atomic mass is 16.4. The zero-order valence-electron chi connectivity index (χ0n) is 19.4. The Morgan fingerprint density at radius 3 is 1.83 bits per heavy atom. The number of aryl methyl sites for hydroxylation is 2. The molecule has 168 valence electrons. The highest BCUT2D eigenvalue weighted by molar-refractivity contribution is 5.77. The van der Waals surface area contributed by atoms with Crippen LogP contribution in [-0.2, 0) is 22.4 Å². The standard InChI is InChI=1S/C26H40O4/c1-19-20(2)22(12-8-10-16-26(17-18-26)24(29)30)14-13-21(19)11-7-5-6-9-15-25(3,4)23(27)28/h13-14H,5-12,15-18H2,1-4H3,(H,27,28)(H,29,30). The molecule has 1 saturated carbocycles. The second kappa shape index (κ2) is 10.5. The van der Waals surface area contributed by atoms with Crippen LogP contribution in [-0.4, -0.2) is 22.2 Å². The summed E-state index contributed by atoms with van der Waals surface area (Å²) < 4.78 is 0. The van der Waals surface area contributed by atoms with Gasteiger partial charge in [0.25, 0.3) is 0 Å². The highest BCUT2D eigenvalue weighted by Gasteiger charge is 2.49. The smallest absolute Gasteiger partial charge is 0.309 e. The third-order valence-corrected chi connectivity index (χ3v) is 7.25. The Morgan fingerprint density at radius 2 is 1.37 bits per heavy atom. The molecule has 1 aliphatic rings. The Kier molecular flexibility index (Phi) is 8.52. The molecule has 4 heteroatoms. The molecule has 4 nitrogen and oxygen atoms in total. The molecule has 2 N–H and O–H groups in total. The van der Waals surface area contributed by atoms with E-state index >= 15 is 0 Å². The van der Waals surface area contributed by atoms with Gasteiger partial charge in [-0.05, 0) is 101 Å². The van der Waals surface area contributed by atoms with E-state index in [0.29, 0.717) is 0 Å². The van der Waals surface area contributed by atoms with Crippen molar-refractivity contribution in [3.8, 4) is 0 Å². The van der Waals surface area contributed by atoms with Crippen molar-refractivity contribution in [1.82, 2.24) is 0 Å². The summed E-state index contributed by atoms with van der Waals surface area (Å²) in [5, 5.41) is 18.5. The molecule has 0 bridgehead atoms. The van der Waals surface area contributed by atoms with Crippen LogP contribution in [0.4, 0.5) is 0 Å². The number of benzene rings is 1. The van der Waals surface area contributed by atoms with Gasteiger partial charge in [-0.2, -0.15) is 0 Å². The summed E-state index contributed by atoms with van der Waals surface area (Å²) >= 11 is 0. The van der Waals surface area contributed by atoms with Crippen molar-refractivity contribution in [2.45, 2.75) is 105 Å². The van der Waals surface area contributed by atoms with Gasteiger partial charge in [-0.25, -0.2) is 0 Å². The second-order valence-electron chi connectivity index (χ2n) is 10.0. The van der Waals surface area contributed by atoms with Crippen LogP contribution in [0.3, 0.4) is 0 Å². The van der Waals surface area contributed by atoms with Gasteiger partial charge in [0.05, 0.1) is 10.8 Å². The lowest BCUT2D eigenvalue weighted by atomic mass is 9.87.